The summed E-state index contributed by atoms with van der Waals surface area (Å²) in [5, 5.41) is 40.2. The average molecular weight is 861 g/mol. The van der Waals surface area contributed by atoms with Crippen molar-refractivity contribution >= 4 is 92.5 Å². The molecule has 4 rings (SSSR count). The number of carboxylic acids is 2. The van der Waals surface area contributed by atoms with Crippen LogP contribution in [0.4, 0.5) is 11.4 Å². The third kappa shape index (κ3) is 18.9. The van der Waals surface area contributed by atoms with Gasteiger partial charge >= 0.3 is 11.9 Å². The number of nitrogens with one attached hydrogen (secondary N) is 1. The molecule has 55 heavy (non-hydrogen) atoms. The number of rotatable bonds is 11. The zero-order valence-electron chi connectivity index (χ0n) is 29.2. The first-order valence-corrected chi connectivity index (χ1v) is 17.6. The minimum atomic E-state index is -1.82. The molecule has 0 aromatic heterocycles. The number of nitro benzene ring substituents is 2. The second-order valence-electron chi connectivity index (χ2n) is 11.2. The topological polar surface area (TPSA) is 233 Å². The van der Waals surface area contributed by atoms with Gasteiger partial charge in [-0.2, -0.15) is 0 Å². The van der Waals surface area contributed by atoms with Crippen molar-refractivity contribution in [2.45, 2.75) is 39.5 Å². The summed E-state index contributed by atoms with van der Waals surface area (Å²) in [7, 11) is 0. The van der Waals surface area contributed by atoms with Crippen LogP contribution in [0.15, 0.2) is 72.8 Å². The number of nitrogens with zero attached hydrogens (tertiary/aromatic N) is 2. The Bertz CT molecular complexity index is 2000. The van der Waals surface area contributed by atoms with Crippen LogP contribution in [0.2, 0.25) is 20.1 Å². The molecule has 0 unspecified atom stereocenters. The van der Waals surface area contributed by atoms with Crippen molar-refractivity contribution in [1.82, 2.24) is 5.32 Å². The van der Waals surface area contributed by atoms with E-state index in [1.807, 2.05) is 6.07 Å². The predicted molar refractivity (Wildman–Crippen MR) is 212 cm³/mol. The van der Waals surface area contributed by atoms with Gasteiger partial charge in [0, 0.05) is 36.2 Å². The van der Waals surface area contributed by atoms with E-state index in [9.17, 15) is 29.8 Å². The molecule has 4 aromatic rings. The Kier molecular flexibility index (Phi) is 21.5. The molecular formula is C36H35Cl5N4O10. The highest BCUT2D eigenvalue weighted by molar-refractivity contribution is 6.63. The summed E-state index contributed by atoms with van der Waals surface area (Å²) < 4.78 is 0. The number of nitro groups is 2. The van der Waals surface area contributed by atoms with Crippen LogP contribution in [0, 0.1) is 34.1 Å². The van der Waals surface area contributed by atoms with E-state index in [0.29, 0.717) is 50.7 Å². The quantitative estimate of drug-likeness (QED) is 0.0489. The maximum atomic E-state index is 11.9. The van der Waals surface area contributed by atoms with Gasteiger partial charge in [0.25, 0.3) is 11.4 Å². The van der Waals surface area contributed by atoms with Crippen molar-refractivity contribution in [3.05, 3.63) is 146 Å². The van der Waals surface area contributed by atoms with Gasteiger partial charge in [0.1, 0.15) is 0 Å². The molecule has 294 valence electrons. The van der Waals surface area contributed by atoms with Crippen molar-refractivity contribution in [2.24, 2.45) is 5.73 Å². The van der Waals surface area contributed by atoms with Gasteiger partial charge in [0.2, 0.25) is 11.1 Å². The lowest BCUT2D eigenvalue weighted by Gasteiger charge is -2.07. The Labute approximate surface area is 340 Å². The van der Waals surface area contributed by atoms with E-state index in [-0.39, 0.29) is 35.0 Å². The van der Waals surface area contributed by atoms with E-state index in [1.54, 1.807) is 68.4 Å². The Morgan fingerprint density at radius 1 is 0.636 bits per heavy atom. The molecule has 0 radical (unpaired) electrons. The van der Waals surface area contributed by atoms with Crippen LogP contribution in [-0.2, 0) is 44.9 Å². The monoisotopic (exact) mass is 858 g/mol. The molecule has 0 atom stereocenters. The lowest BCUT2D eigenvalue weighted by molar-refractivity contribution is -0.385. The molecule has 0 fully saturated rings. The summed E-state index contributed by atoms with van der Waals surface area (Å²) in [5.41, 5.74) is 10.5. The van der Waals surface area contributed by atoms with Crippen molar-refractivity contribution in [1.29, 1.82) is 0 Å². The molecule has 5 N–H and O–H groups in total. The van der Waals surface area contributed by atoms with Crippen molar-refractivity contribution in [3.63, 3.8) is 0 Å². The molecule has 0 spiro atoms. The Morgan fingerprint density at radius 3 is 1.38 bits per heavy atom. The van der Waals surface area contributed by atoms with Crippen molar-refractivity contribution < 1.29 is 39.2 Å². The molecular weight excluding hydrogens is 826 g/mol. The summed E-state index contributed by atoms with van der Waals surface area (Å²) in [6.07, 6.45) is 1.76. The maximum absolute atomic E-state index is 11.9. The van der Waals surface area contributed by atoms with Crippen LogP contribution in [0.25, 0.3) is 0 Å². The molecule has 0 heterocycles. The minimum absolute atomic E-state index is 0.0994. The number of benzene rings is 4. The fraction of sp³-hybridized carbons (Fsp3) is 0.222. The third-order valence-electron chi connectivity index (χ3n) is 6.94. The molecule has 14 nitrogen and oxygen atoms in total. The molecule has 0 aliphatic rings. The minimum Gasteiger partial charge on any atom is -0.473 e. The zero-order chi connectivity index (χ0) is 41.8. The molecule has 0 saturated heterocycles. The number of aliphatic carboxylic acids is 2. The first-order valence-electron chi connectivity index (χ1n) is 15.7. The van der Waals surface area contributed by atoms with Crippen LogP contribution in [0.5, 0.6) is 0 Å². The van der Waals surface area contributed by atoms with Crippen LogP contribution >= 0.6 is 58.0 Å². The summed E-state index contributed by atoms with van der Waals surface area (Å²) in [5.74, 6) is -3.77. The number of aryl methyl sites for hydroxylation is 2. The first kappa shape index (κ1) is 48.2. The van der Waals surface area contributed by atoms with Gasteiger partial charge < -0.3 is 21.3 Å². The number of amides is 1. The Morgan fingerprint density at radius 2 is 1.04 bits per heavy atom. The Balaban J connectivity index is 0.000000412. The van der Waals surface area contributed by atoms with E-state index in [4.69, 9.17) is 83.5 Å². The number of hydrogen-bond donors (Lipinski definition) is 4. The van der Waals surface area contributed by atoms with Gasteiger partial charge in [0.15, 0.2) is 0 Å². The molecule has 0 aliphatic carbocycles. The molecule has 1 amide bonds. The first-order chi connectivity index (χ1) is 25.7. The van der Waals surface area contributed by atoms with Gasteiger partial charge in [-0.05, 0) is 103 Å². The van der Waals surface area contributed by atoms with Crippen LogP contribution in [0.1, 0.15) is 33.4 Å². The maximum Gasteiger partial charge on any atom is 0.414 e. The number of nitrogens with two attached hydrogens (primary N) is 1. The molecule has 19 heteroatoms. The van der Waals surface area contributed by atoms with Gasteiger partial charge in [-0.25, -0.2) is 9.59 Å². The number of carbonyl (C=O) groups excluding carboxylic acids is 2. The average Bonchev–Trinajstić information content (AvgIpc) is 3.08. The number of carbonyl (C=O) groups is 4. The number of hydrogen-bond acceptors (Lipinski definition) is 9. The second-order valence-corrected chi connectivity index (χ2v) is 13.3. The van der Waals surface area contributed by atoms with Crippen LogP contribution in [-0.4, -0.2) is 56.2 Å². The van der Waals surface area contributed by atoms with E-state index in [0.717, 1.165) is 28.7 Å². The molecule has 0 saturated carbocycles. The molecule has 0 aliphatic heterocycles. The summed E-state index contributed by atoms with van der Waals surface area (Å²) in [6, 6.07) is 20.1. The lowest BCUT2D eigenvalue weighted by Crippen LogP contribution is -2.27. The van der Waals surface area contributed by atoms with E-state index >= 15 is 0 Å². The summed E-state index contributed by atoms with van der Waals surface area (Å²) in [4.78, 5) is 61.1. The lowest BCUT2D eigenvalue weighted by atomic mass is 10.1. The molecule has 4 aromatic carbocycles. The van der Waals surface area contributed by atoms with E-state index in [2.05, 4.69) is 5.32 Å². The van der Waals surface area contributed by atoms with Crippen LogP contribution in [0.3, 0.4) is 0 Å². The highest BCUT2D eigenvalue weighted by Crippen LogP contribution is 2.24. The van der Waals surface area contributed by atoms with Crippen LogP contribution < -0.4 is 11.1 Å². The smallest absolute Gasteiger partial charge is 0.414 e. The third-order valence-corrected chi connectivity index (χ3v) is 8.56. The summed E-state index contributed by atoms with van der Waals surface area (Å²) in [6.45, 7) is 4.46. The highest BCUT2D eigenvalue weighted by atomic mass is 35.5. The highest BCUT2D eigenvalue weighted by Gasteiger charge is 2.12. The fourth-order valence-electron chi connectivity index (χ4n) is 4.38. The second kappa shape index (κ2) is 24.6. The number of carboxylic acid groups (broad SMARTS) is 2. The normalized spacial score (nSPS) is 9.89. The Hall–Kier alpha value is -4.83. The predicted octanol–water partition coefficient (Wildman–Crippen LogP) is 7.97. The fourth-order valence-corrected chi connectivity index (χ4v) is 5.17. The SMILES string of the molecule is Cc1cc(CCN)ccc1[N+](=O)[O-].Cc1cc(CCNC(=O)Cc2ccc(Cl)c(Cl)c2)ccc1[N+](=O)[O-].O=C(Cl)Cc1ccc(Cl)c(Cl)c1.O=C(O)C(=O)O. The van der Waals surface area contributed by atoms with Crippen molar-refractivity contribution in [2.75, 3.05) is 13.1 Å². The largest absolute Gasteiger partial charge is 0.473 e. The zero-order valence-corrected chi connectivity index (χ0v) is 33.0. The van der Waals surface area contributed by atoms with Gasteiger partial charge in [-0.15, -0.1) is 0 Å². The van der Waals surface area contributed by atoms with Gasteiger partial charge in [-0.1, -0.05) is 70.7 Å². The number of halogens is 5. The summed E-state index contributed by atoms with van der Waals surface area (Å²) >= 11 is 28.3. The van der Waals surface area contributed by atoms with Gasteiger partial charge in [-0.3, -0.25) is 29.8 Å². The standard InChI is InChI=1S/C17H16Cl2N2O3.C9H12N2O2.C8H5Cl3O.C2H2O4/c1-11-8-12(3-5-16(11)21(23)24)6-7-20-17(22)10-13-2-4-14(18)15(19)9-13;1-7-6-8(4-5-10)2-3-9(7)11(12)13;9-6-2-1-5(3-7(6)10)4-8(11)12;3-1(4)2(5)6/h2-5,8-9H,6-7,10H2,1H3,(H,20,22);2-3,6H,4-5,10H2,1H3;1-3H,4H2;(H,3,4)(H,5,6). The van der Waals surface area contributed by atoms with E-state index < -0.39 is 22.1 Å². The van der Waals surface area contributed by atoms with Gasteiger partial charge in [0.05, 0.1) is 36.4 Å². The van der Waals surface area contributed by atoms with E-state index in [1.165, 1.54) is 12.1 Å². The van der Waals surface area contributed by atoms with Crippen molar-refractivity contribution in [3.8, 4) is 0 Å². The molecule has 0 bridgehead atoms.